The van der Waals surface area contributed by atoms with Crippen molar-refractivity contribution in [3.05, 3.63) is 28.9 Å². The number of nitrogens with one attached hydrogen (secondary N) is 1. The Morgan fingerprint density at radius 1 is 1.53 bits per heavy atom. The highest BCUT2D eigenvalue weighted by molar-refractivity contribution is 7.17. The highest BCUT2D eigenvalue weighted by Crippen LogP contribution is 2.23. The van der Waals surface area contributed by atoms with Gasteiger partial charge in [0.05, 0.1) is 12.4 Å². The van der Waals surface area contributed by atoms with E-state index in [1.807, 2.05) is 13.8 Å². The van der Waals surface area contributed by atoms with E-state index in [9.17, 15) is 4.79 Å². The van der Waals surface area contributed by atoms with E-state index in [0.29, 0.717) is 11.0 Å². The van der Waals surface area contributed by atoms with Crippen molar-refractivity contribution in [3.63, 3.8) is 0 Å². The number of carboxylic acids is 1. The normalized spacial score (nSPS) is 12.4. The Bertz CT molecular complexity index is 534. The molecule has 1 atom stereocenters. The Labute approximate surface area is 101 Å². The van der Waals surface area contributed by atoms with Crippen molar-refractivity contribution in [1.82, 2.24) is 9.97 Å². The van der Waals surface area contributed by atoms with Crippen molar-refractivity contribution >= 4 is 22.4 Å². The van der Waals surface area contributed by atoms with Gasteiger partial charge in [-0.3, -0.25) is 0 Å². The van der Waals surface area contributed by atoms with Crippen molar-refractivity contribution in [2.24, 2.45) is 0 Å². The molecule has 0 aliphatic carbocycles. The van der Waals surface area contributed by atoms with Crippen molar-refractivity contribution in [2.75, 3.05) is 5.32 Å². The molecule has 2 aromatic rings. The number of carbonyl (C=O) groups is 1. The molecule has 1 unspecified atom stereocenters. The molecule has 2 aromatic heterocycles. The summed E-state index contributed by atoms with van der Waals surface area (Å²) in [6.07, 6.45) is 2.96. The molecule has 0 fully saturated rings. The molecule has 0 aliphatic rings. The standard InChI is InChI=1S/C10H11N3O3S/c1-5-3-11-8(16-5)6(2)13-10-12-4-7(17-10)9(14)15/h3-4,6H,1-2H3,(H,12,13)(H,14,15). The van der Waals surface area contributed by atoms with Crippen LogP contribution in [0, 0.1) is 6.92 Å². The van der Waals surface area contributed by atoms with Crippen LogP contribution in [0.15, 0.2) is 16.8 Å². The third kappa shape index (κ3) is 2.62. The van der Waals surface area contributed by atoms with Gasteiger partial charge >= 0.3 is 5.97 Å². The maximum atomic E-state index is 10.7. The van der Waals surface area contributed by atoms with Crippen LogP contribution in [0.5, 0.6) is 0 Å². The summed E-state index contributed by atoms with van der Waals surface area (Å²) < 4.78 is 5.36. The summed E-state index contributed by atoms with van der Waals surface area (Å²) in [7, 11) is 0. The van der Waals surface area contributed by atoms with Crippen molar-refractivity contribution in [3.8, 4) is 0 Å². The summed E-state index contributed by atoms with van der Waals surface area (Å²) >= 11 is 1.08. The SMILES string of the molecule is Cc1cnc(C(C)Nc2ncc(C(=O)O)s2)o1. The number of hydrogen-bond acceptors (Lipinski definition) is 6. The van der Waals surface area contributed by atoms with Gasteiger partial charge in [0.2, 0.25) is 5.89 Å². The molecule has 17 heavy (non-hydrogen) atoms. The predicted molar refractivity (Wildman–Crippen MR) is 62.4 cm³/mol. The number of anilines is 1. The maximum Gasteiger partial charge on any atom is 0.347 e. The molecule has 0 bridgehead atoms. The summed E-state index contributed by atoms with van der Waals surface area (Å²) in [4.78, 5) is 18.9. The lowest BCUT2D eigenvalue weighted by molar-refractivity contribution is 0.0702. The highest BCUT2D eigenvalue weighted by atomic mass is 32.1. The van der Waals surface area contributed by atoms with Crippen LogP contribution in [0.25, 0.3) is 0 Å². The molecule has 7 heteroatoms. The van der Waals surface area contributed by atoms with Gasteiger partial charge in [0, 0.05) is 0 Å². The van der Waals surface area contributed by atoms with Gasteiger partial charge in [-0.1, -0.05) is 11.3 Å². The molecule has 0 saturated heterocycles. The Hall–Kier alpha value is -1.89. The molecule has 0 spiro atoms. The van der Waals surface area contributed by atoms with Gasteiger partial charge < -0.3 is 14.8 Å². The number of carboxylic acid groups (broad SMARTS) is 1. The molecule has 0 aliphatic heterocycles. The molecular formula is C10H11N3O3S. The summed E-state index contributed by atoms with van der Waals surface area (Å²) in [6, 6.07) is -0.156. The van der Waals surface area contributed by atoms with E-state index in [-0.39, 0.29) is 10.9 Å². The molecular weight excluding hydrogens is 242 g/mol. The minimum atomic E-state index is -0.977. The monoisotopic (exact) mass is 253 g/mol. The van der Waals surface area contributed by atoms with Crippen molar-refractivity contribution in [2.45, 2.75) is 19.9 Å². The van der Waals surface area contributed by atoms with E-state index in [1.54, 1.807) is 6.20 Å². The average molecular weight is 253 g/mol. The third-order valence-corrected chi connectivity index (χ3v) is 2.98. The smallest absolute Gasteiger partial charge is 0.347 e. The number of aryl methyl sites for hydroxylation is 1. The lowest BCUT2D eigenvalue weighted by Crippen LogP contribution is -2.06. The van der Waals surface area contributed by atoms with E-state index in [2.05, 4.69) is 15.3 Å². The van der Waals surface area contributed by atoms with Crippen LogP contribution in [0.1, 0.15) is 34.3 Å². The van der Waals surface area contributed by atoms with Crippen molar-refractivity contribution in [1.29, 1.82) is 0 Å². The first-order valence-electron chi connectivity index (χ1n) is 4.94. The van der Waals surface area contributed by atoms with Crippen LogP contribution in [-0.4, -0.2) is 21.0 Å². The Morgan fingerprint density at radius 2 is 2.29 bits per heavy atom. The molecule has 6 nitrogen and oxygen atoms in total. The molecule has 0 aromatic carbocycles. The zero-order valence-electron chi connectivity index (χ0n) is 9.30. The minimum absolute atomic E-state index is 0.156. The van der Waals surface area contributed by atoms with E-state index in [4.69, 9.17) is 9.52 Å². The summed E-state index contributed by atoms with van der Waals surface area (Å²) in [5, 5.41) is 12.3. The van der Waals surface area contributed by atoms with E-state index in [0.717, 1.165) is 17.1 Å². The summed E-state index contributed by atoms with van der Waals surface area (Å²) in [5.74, 6) is 0.309. The number of nitrogens with zero attached hydrogens (tertiary/aromatic N) is 2. The summed E-state index contributed by atoms with van der Waals surface area (Å²) in [6.45, 7) is 3.68. The second kappa shape index (κ2) is 4.54. The van der Waals surface area contributed by atoms with E-state index < -0.39 is 5.97 Å². The molecule has 2 heterocycles. The highest BCUT2D eigenvalue weighted by Gasteiger charge is 2.14. The first kappa shape index (κ1) is 11.6. The lowest BCUT2D eigenvalue weighted by Gasteiger charge is -2.07. The van der Waals surface area contributed by atoms with Crippen LogP contribution < -0.4 is 5.32 Å². The zero-order valence-corrected chi connectivity index (χ0v) is 10.1. The van der Waals surface area contributed by atoms with Crippen LogP contribution >= 0.6 is 11.3 Å². The van der Waals surface area contributed by atoms with Crippen LogP contribution in [0.4, 0.5) is 5.13 Å². The fourth-order valence-corrected chi connectivity index (χ4v) is 2.00. The van der Waals surface area contributed by atoms with Gasteiger partial charge in [0.1, 0.15) is 16.7 Å². The van der Waals surface area contributed by atoms with Gasteiger partial charge in [-0.05, 0) is 13.8 Å². The quantitative estimate of drug-likeness (QED) is 0.869. The second-order valence-corrected chi connectivity index (χ2v) is 4.54. The van der Waals surface area contributed by atoms with Crippen LogP contribution in [0.2, 0.25) is 0 Å². The largest absolute Gasteiger partial charge is 0.477 e. The molecule has 90 valence electrons. The Balaban J connectivity index is 2.07. The molecule has 0 amide bonds. The first-order chi connectivity index (χ1) is 8.06. The maximum absolute atomic E-state index is 10.7. The fourth-order valence-electron chi connectivity index (χ4n) is 1.26. The lowest BCUT2D eigenvalue weighted by atomic mass is 10.3. The predicted octanol–water partition coefficient (Wildman–Crippen LogP) is 2.31. The first-order valence-corrected chi connectivity index (χ1v) is 5.76. The van der Waals surface area contributed by atoms with Gasteiger partial charge in [-0.2, -0.15) is 0 Å². The Morgan fingerprint density at radius 3 is 2.82 bits per heavy atom. The second-order valence-electron chi connectivity index (χ2n) is 3.51. The molecule has 2 rings (SSSR count). The molecule has 0 saturated carbocycles. The zero-order chi connectivity index (χ0) is 12.4. The minimum Gasteiger partial charge on any atom is -0.477 e. The van der Waals surface area contributed by atoms with Gasteiger partial charge in [0.15, 0.2) is 5.13 Å². The van der Waals surface area contributed by atoms with Crippen LogP contribution in [0.3, 0.4) is 0 Å². The fraction of sp³-hybridized carbons (Fsp3) is 0.300. The third-order valence-electron chi connectivity index (χ3n) is 2.07. The van der Waals surface area contributed by atoms with Gasteiger partial charge in [-0.25, -0.2) is 14.8 Å². The van der Waals surface area contributed by atoms with Gasteiger partial charge in [-0.15, -0.1) is 0 Å². The molecule has 2 N–H and O–H groups in total. The Kier molecular flexibility index (Phi) is 3.10. The van der Waals surface area contributed by atoms with Crippen LogP contribution in [-0.2, 0) is 0 Å². The summed E-state index contributed by atoms with van der Waals surface area (Å²) in [5.41, 5.74) is 0. The topological polar surface area (TPSA) is 88.2 Å². The van der Waals surface area contributed by atoms with E-state index in [1.165, 1.54) is 6.20 Å². The number of hydrogen-bond donors (Lipinski definition) is 2. The number of oxazole rings is 1. The van der Waals surface area contributed by atoms with Crippen molar-refractivity contribution < 1.29 is 14.3 Å². The number of rotatable bonds is 4. The number of thiazole rings is 1. The number of aromatic carboxylic acids is 1. The van der Waals surface area contributed by atoms with Gasteiger partial charge in [0.25, 0.3) is 0 Å². The number of aromatic nitrogens is 2. The average Bonchev–Trinajstić information content (AvgIpc) is 2.86. The van der Waals surface area contributed by atoms with E-state index >= 15 is 0 Å². The molecule has 0 radical (unpaired) electrons.